The van der Waals surface area contributed by atoms with E-state index in [4.69, 9.17) is 27.9 Å². The lowest BCUT2D eigenvalue weighted by atomic mass is 10.4. The predicted octanol–water partition coefficient (Wildman–Crippen LogP) is 2.13. The summed E-state index contributed by atoms with van der Waals surface area (Å²) in [7, 11) is 0. The molecule has 60 valence electrons. The summed E-state index contributed by atoms with van der Waals surface area (Å²) in [6.07, 6.45) is 0.319. The number of rotatable bonds is 3. The maximum Gasteiger partial charge on any atom is 0.307 e. The van der Waals surface area contributed by atoms with Crippen molar-refractivity contribution in [2.24, 2.45) is 0 Å². The Morgan fingerprint density at radius 3 is 2.50 bits per heavy atom. The first-order chi connectivity index (χ1) is 4.52. The minimum Gasteiger partial charge on any atom is -0.442 e. The minimum absolute atomic E-state index is 0.0975. The quantitative estimate of drug-likeness (QED) is 0.497. The molecule has 0 aliphatic heterocycles. The monoisotopic (exact) mass is 184 g/mol. The van der Waals surface area contributed by atoms with Gasteiger partial charge in [0.15, 0.2) is 5.06 Å². The van der Waals surface area contributed by atoms with Crippen LogP contribution < -0.4 is 0 Å². The van der Waals surface area contributed by atoms with E-state index in [1.54, 1.807) is 13.8 Å². The summed E-state index contributed by atoms with van der Waals surface area (Å²) < 4.78 is 4.73. The number of carbonyl (C=O) groups is 1. The van der Waals surface area contributed by atoms with Gasteiger partial charge in [0.25, 0.3) is 0 Å². The van der Waals surface area contributed by atoms with Gasteiger partial charge in [-0.25, -0.2) is 0 Å². The second-order valence-electron chi connectivity index (χ2n) is 2.06. The second-order valence-corrected chi connectivity index (χ2v) is 3.13. The Hall–Kier alpha value is 0.0500. The van der Waals surface area contributed by atoms with Crippen LogP contribution in [-0.4, -0.2) is 16.9 Å². The minimum atomic E-state index is -1.05. The zero-order valence-electron chi connectivity index (χ0n) is 5.99. The number of halogens is 2. The maximum absolute atomic E-state index is 10.6. The Bertz CT molecular complexity index is 123. The smallest absolute Gasteiger partial charge is 0.307 e. The molecular formula is C6H10Cl2O2. The van der Waals surface area contributed by atoms with Crippen LogP contribution in [0.3, 0.4) is 0 Å². The van der Waals surface area contributed by atoms with Crippen molar-refractivity contribution in [3.8, 4) is 0 Å². The van der Waals surface area contributed by atoms with Crippen molar-refractivity contribution in [1.29, 1.82) is 0 Å². The van der Waals surface area contributed by atoms with Crippen LogP contribution in [0.4, 0.5) is 0 Å². The third-order valence-electron chi connectivity index (χ3n) is 0.854. The van der Waals surface area contributed by atoms with Gasteiger partial charge in [0, 0.05) is 6.42 Å². The zero-order chi connectivity index (χ0) is 8.20. The lowest BCUT2D eigenvalue weighted by Crippen LogP contribution is -2.26. The van der Waals surface area contributed by atoms with Gasteiger partial charge in [-0.2, -0.15) is 0 Å². The molecule has 0 bridgehead atoms. The third-order valence-corrected chi connectivity index (χ3v) is 1.71. The molecule has 4 heteroatoms. The summed E-state index contributed by atoms with van der Waals surface area (Å²) in [4.78, 5) is 10.6. The fraction of sp³-hybridized carbons (Fsp3) is 0.833. The molecule has 1 atom stereocenters. The van der Waals surface area contributed by atoms with Gasteiger partial charge in [-0.1, -0.05) is 18.5 Å². The highest BCUT2D eigenvalue weighted by Crippen LogP contribution is 2.18. The number of carbonyl (C=O) groups excluding carboxylic acids is 1. The van der Waals surface area contributed by atoms with Crippen molar-refractivity contribution in [2.75, 3.05) is 5.88 Å². The molecule has 0 spiro atoms. The maximum atomic E-state index is 10.6. The Morgan fingerprint density at radius 2 is 2.20 bits per heavy atom. The molecule has 0 aliphatic carbocycles. The first-order valence-electron chi connectivity index (χ1n) is 2.98. The number of ether oxygens (including phenoxy) is 1. The zero-order valence-corrected chi connectivity index (χ0v) is 7.50. The molecule has 10 heavy (non-hydrogen) atoms. The fourth-order valence-corrected chi connectivity index (χ4v) is 0.477. The summed E-state index contributed by atoms with van der Waals surface area (Å²) in [6.45, 7) is 3.25. The van der Waals surface area contributed by atoms with Gasteiger partial charge in [0.2, 0.25) is 0 Å². The highest BCUT2D eigenvalue weighted by molar-refractivity contribution is 6.30. The van der Waals surface area contributed by atoms with Crippen molar-refractivity contribution >= 4 is 29.2 Å². The third kappa shape index (κ3) is 3.96. The normalized spacial score (nSPS) is 16.0. The van der Waals surface area contributed by atoms with Gasteiger partial charge in [0.1, 0.15) is 0 Å². The van der Waals surface area contributed by atoms with Crippen molar-refractivity contribution in [3.63, 3.8) is 0 Å². The van der Waals surface area contributed by atoms with E-state index in [1.165, 1.54) is 0 Å². The van der Waals surface area contributed by atoms with Crippen molar-refractivity contribution in [2.45, 2.75) is 25.3 Å². The molecule has 0 amide bonds. The molecular weight excluding hydrogens is 175 g/mol. The topological polar surface area (TPSA) is 26.3 Å². The largest absolute Gasteiger partial charge is 0.442 e. The summed E-state index contributed by atoms with van der Waals surface area (Å²) in [5.74, 6) is -0.238. The Kier molecular flexibility index (Phi) is 4.06. The molecule has 0 aromatic rings. The van der Waals surface area contributed by atoms with Gasteiger partial charge in [-0.3, -0.25) is 4.79 Å². The molecule has 0 aliphatic rings. The van der Waals surface area contributed by atoms with Crippen molar-refractivity contribution in [1.82, 2.24) is 0 Å². The predicted molar refractivity (Wildman–Crippen MR) is 41.4 cm³/mol. The molecule has 1 unspecified atom stereocenters. The van der Waals surface area contributed by atoms with E-state index in [1.807, 2.05) is 0 Å². The Labute approximate surface area is 70.4 Å². The van der Waals surface area contributed by atoms with Gasteiger partial charge >= 0.3 is 5.97 Å². The highest BCUT2D eigenvalue weighted by atomic mass is 35.5. The average molecular weight is 185 g/mol. The summed E-state index contributed by atoms with van der Waals surface area (Å²) in [5.41, 5.74) is 0. The van der Waals surface area contributed by atoms with Crippen LogP contribution in [0.15, 0.2) is 0 Å². The average Bonchev–Trinajstić information content (AvgIpc) is 1.87. The first kappa shape index (κ1) is 10.0. The molecule has 0 aromatic carbocycles. The van der Waals surface area contributed by atoms with E-state index in [0.29, 0.717) is 6.42 Å². The SMILES string of the molecule is CCC(=O)OC(C)(Cl)CCl. The molecule has 0 heterocycles. The highest BCUT2D eigenvalue weighted by Gasteiger charge is 2.23. The van der Waals surface area contributed by atoms with E-state index in [2.05, 4.69) is 0 Å². The molecule has 0 fully saturated rings. The van der Waals surface area contributed by atoms with Crippen LogP contribution >= 0.6 is 23.2 Å². The van der Waals surface area contributed by atoms with E-state index >= 15 is 0 Å². The van der Waals surface area contributed by atoms with Gasteiger partial charge < -0.3 is 4.74 Å². The van der Waals surface area contributed by atoms with E-state index < -0.39 is 5.06 Å². The van der Waals surface area contributed by atoms with Gasteiger partial charge in [-0.15, -0.1) is 11.6 Å². The van der Waals surface area contributed by atoms with Crippen molar-refractivity contribution in [3.05, 3.63) is 0 Å². The molecule has 0 aromatic heterocycles. The van der Waals surface area contributed by atoms with Crippen LogP contribution in [0, 0.1) is 0 Å². The number of alkyl halides is 2. The van der Waals surface area contributed by atoms with E-state index in [0.717, 1.165) is 0 Å². The number of hydrogen-bond donors (Lipinski definition) is 0. The van der Waals surface area contributed by atoms with Crippen LogP contribution in [-0.2, 0) is 9.53 Å². The van der Waals surface area contributed by atoms with Crippen molar-refractivity contribution < 1.29 is 9.53 Å². The van der Waals surface area contributed by atoms with Crippen LogP contribution in [0.1, 0.15) is 20.3 Å². The summed E-state index contributed by atoms with van der Waals surface area (Å²) in [5, 5.41) is -1.05. The number of esters is 1. The Balaban J connectivity index is 3.76. The summed E-state index contributed by atoms with van der Waals surface area (Å²) >= 11 is 11.0. The number of hydrogen-bond acceptors (Lipinski definition) is 2. The first-order valence-corrected chi connectivity index (χ1v) is 3.90. The molecule has 0 saturated heterocycles. The van der Waals surface area contributed by atoms with Crippen LogP contribution in [0.5, 0.6) is 0 Å². The summed E-state index contributed by atoms with van der Waals surface area (Å²) in [6, 6.07) is 0. The lowest BCUT2D eigenvalue weighted by molar-refractivity contribution is -0.149. The van der Waals surface area contributed by atoms with E-state index in [-0.39, 0.29) is 11.8 Å². The Morgan fingerprint density at radius 1 is 1.70 bits per heavy atom. The molecule has 0 rings (SSSR count). The van der Waals surface area contributed by atoms with Crippen LogP contribution in [0.25, 0.3) is 0 Å². The standard InChI is InChI=1S/C6H10Cl2O2/c1-3-5(9)10-6(2,8)4-7/h3-4H2,1-2H3. The van der Waals surface area contributed by atoms with E-state index in [9.17, 15) is 4.79 Å². The second kappa shape index (κ2) is 4.04. The lowest BCUT2D eigenvalue weighted by Gasteiger charge is -2.18. The van der Waals surface area contributed by atoms with Crippen LogP contribution in [0.2, 0.25) is 0 Å². The van der Waals surface area contributed by atoms with Gasteiger partial charge in [-0.05, 0) is 6.92 Å². The molecule has 0 radical (unpaired) electrons. The van der Waals surface area contributed by atoms with Gasteiger partial charge in [0.05, 0.1) is 5.88 Å². The molecule has 0 saturated carbocycles. The molecule has 2 nitrogen and oxygen atoms in total. The molecule has 0 N–H and O–H groups in total. The fourth-order valence-electron chi connectivity index (χ4n) is 0.337.